The average Bonchev–Trinajstić information content (AvgIpc) is 2.72. The SMILES string of the molecule is CC1CC(NCc2ccc(C(F)(F)F)cc2)CS1. The van der Waals surface area contributed by atoms with Crippen molar-refractivity contribution in [1.82, 2.24) is 5.32 Å². The summed E-state index contributed by atoms with van der Waals surface area (Å²) in [5.41, 5.74) is 0.309. The number of halogens is 3. The van der Waals surface area contributed by atoms with Gasteiger partial charge in [-0.2, -0.15) is 24.9 Å². The Morgan fingerprint density at radius 1 is 1.28 bits per heavy atom. The molecule has 0 amide bonds. The smallest absolute Gasteiger partial charge is 0.309 e. The summed E-state index contributed by atoms with van der Waals surface area (Å²) in [7, 11) is 0. The molecule has 5 heteroatoms. The molecule has 1 aromatic rings. The van der Waals surface area contributed by atoms with Gasteiger partial charge in [0.25, 0.3) is 0 Å². The van der Waals surface area contributed by atoms with Crippen molar-refractivity contribution in [1.29, 1.82) is 0 Å². The van der Waals surface area contributed by atoms with E-state index in [2.05, 4.69) is 12.2 Å². The van der Waals surface area contributed by atoms with Crippen molar-refractivity contribution in [3.8, 4) is 0 Å². The van der Waals surface area contributed by atoms with Gasteiger partial charge < -0.3 is 5.32 Å². The van der Waals surface area contributed by atoms with Crippen LogP contribution in [0.5, 0.6) is 0 Å². The summed E-state index contributed by atoms with van der Waals surface area (Å²) in [6, 6.07) is 5.85. The predicted molar refractivity (Wildman–Crippen MR) is 68.6 cm³/mol. The fourth-order valence-electron chi connectivity index (χ4n) is 2.03. The molecule has 1 aliphatic heterocycles. The Kier molecular flexibility index (Phi) is 4.22. The third kappa shape index (κ3) is 3.65. The van der Waals surface area contributed by atoms with Crippen LogP contribution in [0.2, 0.25) is 0 Å². The van der Waals surface area contributed by atoms with Crippen LogP contribution < -0.4 is 5.32 Å². The highest BCUT2D eigenvalue weighted by molar-refractivity contribution is 8.00. The van der Waals surface area contributed by atoms with Gasteiger partial charge in [0.15, 0.2) is 0 Å². The molecule has 1 N–H and O–H groups in total. The number of nitrogens with one attached hydrogen (secondary N) is 1. The van der Waals surface area contributed by atoms with Crippen molar-refractivity contribution in [2.75, 3.05) is 5.75 Å². The van der Waals surface area contributed by atoms with E-state index in [4.69, 9.17) is 0 Å². The van der Waals surface area contributed by atoms with Crippen LogP contribution in [0.4, 0.5) is 13.2 Å². The number of alkyl halides is 3. The molecule has 100 valence electrons. The van der Waals surface area contributed by atoms with Crippen LogP contribution in [-0.2, 0) is 12.7 Å². The molecule has 1 saturated heterocycles. The van der Waals surface area contributed by atoms with Crippen LogP contribution in [0.3, 0.4) is 0 Å². The number of rotatable bonds is 3. The number of thioether (sulfide) groups is 1. The predicted octanol–water partition coefficient (Wildman–Crippen LogP) is 3.69. The van der Waals surface area contributed by atoms with Crippen molar-refractivity contribution >= 4 is 11.8 Å². The van der Waals surface area contributed by atoms with Crippen molar-refractivity contribution in [3.05, 3.63) is 35.4 Å². The monoisotopic (exact) mass is 275 g/mol. The highest BCUT2D eigenvalue weighted by Gasteiger charge is 2.30. The Hall–Kier alpha value is -0.680. The molecule has 0 spiro atoms. The van der Waals surface area contributed by atoms with E-state index in [1.54, 1.807) is 12.1 Å². The largest absolute Gasteiger partial charge is 0.416 e. The Morgan fingerprint density at radius 2 is 1.94 bits per heavy atom. The van der Waals surface area contributed by atoms with Gasteiger partial charge in [-0.15, -0.1) is 0 Å². The van der Waals surface area contributed by atoms with E-state index < -0.39 is 11.7 Å². The third-order valence-electron chi connectivity index (χ3n) is 3.07. The molecule has 1 fully saturated rings. The zero-order valence-corrected chi connectivity index (χ0v) is 10.9. The molecule has 0 aromatic heterocycles. The molecular weight excluding hydrogens is 259 g/mol. The second-order valence-electron chi connectivity index (χ2n) is 4.65. The van der Waals surface area contributed by atoms with Gasteiger partial charge in [-0.25, -0.2) is 0 Å². The van der Waals surface area contributed by atoms with Crippen molar-refractivity contribution < 1.29 is 13.2 Å². The summed E-state index contributed by atoms with van der Waals surface area (Å²) in [6.07, 6.45) is -3.12. The highest BCUT2D eigenvalue weighted by Crippen LogP contribution is 2.29. The number of benzene rings is 1. The first-order valence-electron chi connectivity index (χ1n) is 5.96. The van der Waals surface area contributed by atoms with Crippen molar-refractivity contribution in [2.45, 2.75) is 37.4 Å². The lowest BCUT2D eigenvalue weighted by molar-refractivity contribution is -0.137. The van der Waals surface area contributed by atoms with Gasteiger partial charge in [-0.1, -0.05) is 19.1 Å². The van der Waals surface area contributed by atoms with Gasteiger partial charge in [-0.3, -0.25) is 0 Å². The molecule has 18 heavy (non-hydrogen) atoms. The van der Waals surface area contributed by atoms with Crippen LogP contribution in [0.15, 0.2) is 24.3 Å². The third-order valence-corrected chi connectivity index (χ3v) is 4.43. The lowest BCUT2D eigenvalue weighted by Gasteiger charge is -2.12. The molecule has 2 rings (SSSR count). The molecule has 2 atom stereocenters. The van der Waals surface area contributed by atoms with Crippen LogP contribution in [0.1, 0.15) is 24.5 Å². The fraction of sp³-hybridized carbons (Fsp3) is 0.538. The molecule has 0 aliphatic carbocycles. The maximum atomic E-state index is 12.4. The molecule has 1 aliphatic rings. The van der Waals surface area contributed by atoms with Gasteiger partial charge in [0.1, 0.15) is 0 Å². The van der Waals surface area contributed by atoms with Gasteiger partial charge in [0, 0.05) is 23.6 Å². The van der Waals surface area contributed by atoms with E-state index in [1.807, 2.05) is 11.8 Å². The maximum absolute atomic E-state index is 12.4. The summed E-state index contributed by atoms with van der Waals surface area (Å²) in [6.45, 7) is 2.83. The Morgan fingerprint density at radius 3 is 2.44 bits per heavy atom. The van der Waals surface area contributed by atoms with E-state index in [9.17, 15) is 13.2 Å². The topological polar surface area (TPSA) is 12.0 Å². The van der Waals surface area contributed by atoms with Gasteiger partial charge >= 0.3 is 6.18 Å². The summed E-state index contributed by atoms with van der Waals surface area (Å²) in [4.78, 5) is 0. The average molecular weight is 275 g/mol. The standard InChI is InChI=1S/C13H16F3NS/c1-9-6-12(8-18-9)17-7-10-2-4-11(5-3-10)13(14,15)16/h2-5,9,12,17H,6-8H2,1H3. The summed E-state index contributed by atoms with van der Waals surface area (Å²) in [5.74, 6) is 1.09. The molecule has 1 aromatic carbocycles. The first-order valence-corrected chi connectivity index (χ1v) is 7.01. The lowest BCUT2D eigenvalue weighted by atomic mass is 10.1. The molecule has 0 radical (unpaired) electrons. The van der Waals surface area contributed by atoms with Crippen LogP contribution in [-0.4, -0.2) is 17.0 Å². The van der Waals surface area contributed by atoms with Gasteiger partial charge in [-0.05, 0) is 24.1 Å². The molecule has 1 heterocycles. The minimum Gasteiger partial charge on any atom is -0.309 e. The molecule has 0 saturated carbocycles. The highest BCUT2D eigenvalue weighted by atomic mass is 32.2. The first-order chi connectivity index (χ1) is 8.45. The summed E-state index contributed by atoms with van der Waals surface area (Å²) < 4.78 is 37.1. The Balaban J connectivity index is 1.87. The van der Waals surface area contributed by atoms with E-state index in [1.165, 1.54) is 0 Å². The van der Waals surface area contributed by atoms with Crippen LogP contribution in [0.25, 0.3) is 0 Å². The van der Waals surface area contributed by atoms with E-state index >= 15 is 0 Å². The summed E-state index contributed by atoms with van der Waals surface area (Å²) >= 11 is 1.94. The normalized spacial score (nSPS) is 24.4. The Labute approximate surface area is 109 Å². The van der Waals surface area contributed by atoms with Crippen molar-refractivity contribution in [3.63, 3.8) is 0 Å². The fourth-order valence-corrected chi connectivity index (χ4v) is 3.22. The summed E-state index contributed by atoms with van der Waals surface area (Å²) in [5, 5.41) is 4.06. The zero-order valence-electron chi connectivity index (χ0n) is 10.1. The minimum absolute atomic E-state index is 0.479. The van der Waals surface area contributed by atoms with E-state index in [0.717, 1.165) is 29.9 Å². The second kappa shape index (κ2) is 5.53. The maximum Gasteiger partial charge on any atom is 0.416 e. The molecule has 0 bridgehead atoms. The van der Waals surface area contributed by atoms with Crippen LogP contribution >= 0.6 is 11.8 Å². The molecule has 1 nitrogen and oxygen atoms in total. The first kappa shape index (κ1) is 13.7. The van der Waals surface area contributed by atoms with Crippen LogP contribution in [0, 0.1) is 0 Å². The van der Waals surface area contributed by atoms with E-state index in [0.29, 0.717) is 17.8 Å². The molecule has 2 unspecified atom stereocenters. The Bertz CT molecular complexity index is 388. The quantitative estimate of drug-likeness (QED) is 0.903. The van der Waals surface area contributed by atoms with Gasteiger partial charge in [0.2, 0.25) is 0 Å². The minimum atomic E-state index is -4.25. The molecular formula is C13H16F3NS. The lowest BCUT2D eigenvalue weighted by Crippen LogP contribution is -2.28. The second-order valence-corrected chi connectivity index (χ2v) is 6.12. The van der Waals surface area contributed by atoms with Gasteiger partial charge in [0.05, 0.1) is 5.56 Å². The van der Waals surface area contributed by atoms with Crippen molar-refractivity contribution in [2.24, 2.45) is 0 Å². The number of hydrogen-bond acceptors (Lipinski definition) is 2. The van der Waals surface area contributed by atoms with E-state index in [-0.39, 0.29) is 0 Å². The number of hydrogen-bond donors (Lipinski definition) is 1. The zero-order chi connectivity index (χ0) is 13.2.